The van der Waals surface area contributed by atoms with Gasteiger partial charge in [0.15, 0.2) is 0 Å². The van der Waals surface area contributed by atoms with Gasteiger partial charge in [-0.25, -0.2) is 0 Å². The van der Waals surface area contributed by atoms with Gasteiger partial charge >= 0.3 is 0 Å². The van der Waals surface area contributed by atoms with E-state index in [2.05, 4.69) is 6.92 Å². The molecule has 0 bridgehead atoms. The average molecular weight is 218 g/mol. The maximum atomic E-state index is 5.50. The smallest absolute Gasteiger partial charge is 0.00482 e. The predicted molar refractivity (Wildman–Crippen MR) is 68.5 cm³/mol. The van der Waals surface area contributed by atoms with E-state index in [1.807, 2.05) is 0 Å². The lowest BCUT2D eigenvalue weighted by atomic mass is 10.2. The molecular formula is C11H30N4. The molecule has 1 unspecified atom stereocenters. The summed E-state index contributed by atoms with van der Waals surface area (Å²) in [6.07, 6.45) is 6.79. The molecule has 8 N–H and O–H groups in total. The molecule has 4 nitrogen and oxygen atoms in total. The van der Waals surface area contributed by atoms with Crippen molar-refractivity contribution in [1.29, 1.82) is 0 Å². The third-order valence-electron chi connectivity index (χ3n) is 2.22. The van der Waals surface area contributed by atoms with E-state index >= 15 is 0 Å². The van der Waals surface area contributed by atoms with Crippen LogP contribution in [0.1, 0.15) is 45.4 Å². The fourth-order valence-electron chi connectivity index (χ4n) is 1.06. The molecule has 4 heteroatoms. The summed E-state index contributed by atoms with van der Waals surface area (Å²) >= 11 is 0. The summed E-state index contributed by atoms with van der Waals surface area (Å²) in [4.78, 5) is 0. The van der Waals surface area contributed by atoms with Gasteiger partial charge in [0, 0.05) is 6.04 Å². The molecular weight excluding hydrogens is 188 g/mol. The zero-order valence-electron chi connectivity index (χ0n) is 10.3. The molecule has 0 aromatic heterocycles. The Morgan fingerprint density at radius 1 is 0.800 bits per heavy atom. The first kappa shape index (κ1) is 17.2. The Bertz CT molecular complexity index is 92.6. The van der Waals surface area contributed by atoms with E-state index in [0.717, 1.165) is 45.3 Å². The van der Waals surface area contributed by atoms with Crippen LogP contribution in [-0.4, -0.2) is 25.7 Å². The second kappa shape index (κ2) is 16.3. The number of nitrogens with two attached hydrogens (primary N) is 4. The average Bonchev–Trinajstić information content (AvgIpc) is 2.26. The van der Waals surface area contributed by atoms with Gasteiger partial charge in [0.05, 0.1) is 0 Å². The van der Waals surface area contributed by atoms with E-state index < -0.39 is 0 Å². The molecule has 1 atom stereocenters. The van der Waals surface area contributed by atoms with Gasteiger partial charge in [-0.3, -0.25) is 0 Å². The van der Waals surface area contributed by atoms with Crippen LogP contribution >= 0.6 is 0 Å². The van der Waals surface area contributed by atoms with Crippen LogP contribution in [0.3, 0.4) is 0 Å². The Hall–Kier alpha value is -0.160. The molecule has 0 aromatic rings. The molecule has 0 spiro atoms. The van der Waals surface area contributed by atoms with Gasteiger partial charge in [0.2, 0.25) is 0 Å². The predicted octanol–water partition coefficient (Wildman–Crippen LogP) is 0.537. The maximum absolute atomic E-state index is 5.50. The first-order chi connectivity index (χ1) is 7.22. The topological polar surface area (TPSA) is 104 Å². The van der Waals surface area contributed by atoms with Crippen molar-refractivity contribution in [2.45, 2.75) is 51.5 Å². The first-order valence-corrected chi connectivity index (χ1v) is 6.08. The molecule has 0 fully saturated rings. The number of rotatable bonds is 8. The molecule has 0 aliphatic carbocycles. The standard InChI is InChI=1S/C6H16N2.C5H14N2/c7-5-3-1-2-4-6-8;1-2-5(7)3-4-6/h1-8H2;5H,2-4,6-7H2,1H3. The van der Waals surface area contributed by atoms with Crippen LogP contribution in [0.15, 0.2) is 0 Å². The number of hydrogen-bond acceptors (Lipinski definition) is 4. The third-order valence-corrected chi connectivity index (χ3v) is 2.22. The highest BCUT2D eigenvalue weighted by Gasteiger charge is 1.92. The summed E-state index contributed by atoms with van der Waals surface area (Å²) in [7, 11) is 0. The Morgan fingerprint density at radius 2 is 1.27 bits per heavy atom. The highest BCUT2D eigenvalue weighted by Crippen LogP contribution is 1.95. The molecule has 0 saturated heterocycles. The maximum Gasteiger partial charge on any atom is 0.00482 e. The van der Waals surface area contributed by atoms with Crippen molar-refractivity contribution >= 4 is 0 Å². The van der Waals surface area contributed by atoms with Crippen LogP contribution in [0, 0.1) is 0 Å². The van der Waals surface area contributed by atoms with Crippen LogP contribution in [0.2, 0.25) is 0 Å². The van der Waals surface area contributed by atoms with E-state index in [9.17, 15) is 0 Å². The fourth-order valence-corrected chi connectivity index (χ4v) is 1.06. The third kappa shape index (κ3) is 20.0. The summed E-state index contributed by atoms with van der Waals surface area (Å²) in [5.74, 6) is 0. The zero-order chi connectivity index (χ0) is 11.9. The molecule has 0 amide bonds. The van der Waals surface area contributed by atoms with E-state index in [0.29, 0.717) is 6.04 Å². The van der Waals surface area contributed by atoms with Crippen LogP contribution in [0.5, 0.6) is 0 Å². The quantitative estimate of drug-likeness (QED) is 0.446. The van der Waals surface area contributed by atoms with Crippen LogP contribution in [0.25, 0.3) is 0 Å². The van der Waals surface area contributed by atoms with E-state index in [1.54, 1.807) is 0 Å². The largest absolute Gasteiger partial charge is 0.330 e. The van der Waals surface area contributed by atoms with Gasteiger partial charge in [-0.1, -0.05) is 19.8 Å². The summed E-state index contributed by atoms with van der Waals surface area (Å²) in [5, 5.41) is 0. The Morgan fingerprint density at radius 3 is 1.47 bits per heavy atom. The molecule has 0 saturated carbocycles. The zero-order valence-corrected chi connectivity index (χ0v) is 10.3. The minimum atomic E-state index is 0.324. The van der Waals surface area contributed by atoms with Gasteiger partial charge in [-0.05, 0) is 45.3 Å². The number of hydrogen-bond donors (Lipinski definition) is 4. The summed E-state index contributed by atoms with van der Waals surface area (Å²) in [6, 6.07) is 0.324. The van der Waals surface area contributed by atoms with Crippen LogP contribution < -0.4 is 22.9 Å². The van der Waals surface area contributed by atoms with Crippen molar-refractivity contribution in [2.24, 2.45) is 22.9 Å². The van der Waals surface area contributed by atoms with E-state index in [-0.39, 0.29) is 0 Å². The number of unbranched alkanes of at least 4 members (excludes halogenated alkanes) is 3. The fraction of sp³-hybridized carbons (Fsp3) is 1.00. The summed E-state index contributed by atoms with van der Waals surface area (Å²) < 4.78 is 0. The summed E-state index contributed by atoms with van der Waals surface area (Å²) in [5.41, 5.74) is 21.3. The van der Waals surface area contributed by atoms with Crippen LogP contribution in [-0.2, 0) is 0 Å². The van der Waals surface area contributed by atoms with Gasteiger partial charge in [0.1, 0.15) is 0 Å². The van der Waals surface area contributed by atoms with Gasteiger partial charge in [0.25, 0.3) is 0 Å². The van der Waals surface area contributed by atoms with Gasteiger partial charge in [-0.15, -0.1) is 0 Å². The SMILES string of the molecule is CCC(N)CCN.NCCCCCCN. The Labute approximate surface area is 94.8 Å². The van der Waals surface area contributed by atoms with Gasteiger partial charge < -0.3 is 22.9 Å². The van der Waals surface area contributed by atoms with Crippen molar-refractivity contribution in [3.8, 4) is 0 Å². The second-order valence-corrected chi connectivity index (χ2v) is 3.74. The van der Waals surface area contributed by atoms with Crippen molar-refractivity contribution < 1.29 is 0 Å². The Kier molecular flexibility index (Phi) is 18.7. The molecule has 0 radical (unpaired) electrons. The van der Waals surface area contributed by atoms with Crippen molar-refractivity contribution in [1.82, 2.24) is 0 Å². The molecule has 94 valence electrons. The lowest BCUT2D eigenvalue weighted by molar-refractivity contribution is 0.604. The first-order valence-electron chi connectivity index (χ1n) is 6.08. The molecule has 0 rings (SSSR count). The van der Waals surface area contributed by atoms with E-state index in [1.165, 1.54) is 12.8 Å². The molecule has 15 heavy (non-hydrogen) atoms. The highest BCUT2D eigenvalue weighted by atomic mass is 14.6. The van der Waals surface area contributed by atoms with Crippen molar-refractivity contribution in [2.75, 3.05) is 19.6 Å². The molecule has 0 heterocycles. The second-order valence-electron chi connectivity index (χ2n) is 3.74. The highest BCUT2D eigenvalue weighted by molar-refractivity contribution is 4.56. The minimum absolute atomic E-state index is 0.324. The molecule has 0 aliphatic heterocycles. The summed E-state index contributed by atoms with van der Waals surface area (Å²) in [6.45, 7) is 4.43. The van der Waals surface area contributed by atoms with E-state index in [4.69, 9.17) is 22.9 Å². The lowest BCUT2D eigenvalue weighted by Crippen LogP contribution is -2.22. The Balaban J connectivity index is 0. The van der Waals surface area contributed by atoms with Gasteiger partial charge in [-0.2, -0.15) is 0 Å². The minimum Gasteiger partial charge on any atom is -0.330 e. The monoisotopic (exact) mass is 218 g/mol. The van der Waals surface area contributed by atoms with Crippen molar-refractivity contribution in [3.05, 3.63) is 0 Å². The molecule has 0 aromatic carbocycles. The molecule has 0 aliphatic rings. The normalized spacial score (nSPS) is 11.8. The lowest BCUT2D eigenvalue weighted by Gasteiger charge is -2.03. The van der Waals surface area contributed by atoms with Crippen LogP contribution in [0.4, 0.5) is 0 Å². The van der Waals surface area contributed by atoms with Crippen molar-refractivity contribution in [3.63, 3.8) is 0 Å².